The molecule has 0 aromatic rings. The molecule has 0 saturated heterocycles. The minimum absolute atomic E-state index is 0.167. The Labute approximate surface area is 97.6 Å². The van der Waals surface area contributed by atoms with Crippen molar-refractivity contribution in [3.63, 3.8) is 0 Å². The van der Waals surface area contributed by atoms with E-state index in [0.717, 1.165) is 25.3 Å². The van der Waals surface area contributed by atoms with E-state index in [-0.39, 0.29) is 11.9 Å². The number of hydrogen-bond acceptors (Lipinski definition) is 3. The highest BCUT2D eigenvalue weighted by Gasteiger charge is 2.28. The fourth-order valence-corrected chi connectivity index (χ4v) is 2.00. The van der Waals surface area contributed by atoms with Crippen LogP contribution in [0.3, 0.4) is 0 Å². The van der Waals surface area contributed by atoms with Gasteiger partial charge in [0.25, 0.3) is 0 Å². The molecular formula is C12H23N3O. The summed E-state index contributed by atoms with van der Waals surface area (Å²) < 4.78 is 0. The minimum atomic E-state index is 0.167. The second-order valence-corrected chi connectivity index (χ2v) is 5.32. The lowest BCUT2D eigenvalue weighted by Gasteiger charge is -2.26. The van der Waals surface area contributed by atoms with Crippen LogP contribution in [0.15, 0.2) is 0 Å². The van der Waals surface area contributed by atoms with Crippen molar-refractivity contribution < 1.29 is 4.79 Å². The van der Waals surface area contributed by atoms with Gasteiger partial charge in [0, 0.05) is 31.6 Å². The summed E-state index contributed by atoms with van der Waals surface area (Å²) in [6.07, 6.45) is 5.54. The van der Waals surface area contributed by atoms with Gasteiger partial charge in [-0.15, -0.1) is 0 Å². The quantitative estimate of drug-likeness (QED) is 0.656. The molecule has 0 aromatic heterocycles. The van der Waals surface area contributed by atoms with Gasteiger partial charge in [0.1, 0.15) is 0 Å². The SMILES string of the molecule is CN(CC1CC1)C(CN)CC(=O)NC1CC1. The average molecular weight is 225 g/mol. The van der Waals surface area contributed by atoms with Gasteiger partial charge in [-0.25, -0.2) is 0 Å². The van der Waals surface area contributed by atoms with Crippen LogP contribution in [-0.2, 0) is 4.79 Å². The van der Waals surface area contributed by atoms with Crippen LogP contribution in [0, 0.1) is 5.92 Å². The van der Waals surface area contributed by atoms with Crippen molar-refractivity contribution in [2.75, 3.05) is 20.1 Å². The molecule has 1 atom stereocenters. The molecule has 0 heterocycles. The maximum Gasteiger partial charge on any atom is 0.221 e. The van der Waals surface area contributed by atoms with Gasteiger partial charge in [-0.05, 0) is 38.6 Å². The molecular weight excluding hydrogens is 202 g/mol. The molecule has 2 fully saturated rings. The lowest BCUT2D eigenvalue weighted by atomic mass is 10.1. The first-order chi connectivity index (χ1) is 7.69. The molecule has 1 unspecified atom stereocenters. The third-order valence-electron chi connectivity index (χ3n) is 3.50. The monoisotopic (exact) mass is 225 g/mol. The number of carbonyl (C=O) groups is 1. The fourth-order valence-electron chi connectivity index (χ4n) is 2.00. The van der Waals surface area contributed by atoms with Crippen LogP contribution in [0.2, 0.25) is 0 Å². The van der Waals surface area contributed by atoms with Crippen molar-refractivity contribution in [2.24, 2.45) is 11.7 Å². The summed E-state index contributed by atoms with van der Waals surface area (Å²) in [5, 5.41) is 3.02. The molecule has 4 heteroatoms. The summed E-state index contributed by atoms with van der Waals surface area (Å²) in [6.45, 7) is 1.67. The Kier molecular flexibility index (Phi) is 3.82. The number of hydrogen-bond donors (Lipinski definition) is 2. The van der Waals surface area contributed by atoms with Crippen molar-refractivity contribution in [1.29, 1.82) is 0 Å². The van der Waals surface area contributed by atoms with Crippen LogP contribution < -0.4 is 11.1 Å². The molecule has 2 aliphatic rings. The van der Waals surface area contributed by atoms with E-state index in [4.69, 9.17) is 5.73 Å². The number of nitrogens with two attached hydrogens (primary N) is 1. The van der Waals surface area contributed by atoms with Gasteiger partial charge in [-0.2, -0.15) is 0 Å². The van der Waals surface area contributed by atoms with Gasteiger partial charge in [-0.3, -0.25) is 4.79 Å². The van der Waals surface area contributed by atoms with Gasteiger partial charge < -0.3 is 16.0 Å². The Balaban J connectivity index is 1.71. The molecule has 0 aliphatic heterocycles. The van der Waals surface area contributed by atoms with E-state index >= 15 is 0 Å². The number of amides is 1. The van der Waals surface area contributed by atoms with Crippen molar-refractivity contribution in [2.45, 2.75) is 44.2 Å². The van der Waals surface area contributed by atoms with Crippen LogP contribution in [0.5, 0.6) is 0 Å². The Morgan fingerprint density at radius 1 is 1.44 bits per heavy atom. The zero-order valence-electron chi connectivity index (χ0n) is 10.1. The Hall–Kier alpha value is -0.610. The van der Waals surface area contributed by atoms with Crippen LogP contribution in [0.25, 0.3) is 0 Å². The number of nitrogens with zero attached hydrogens (tertiary/aromatic N) is 1. The molecule has 0 spiro atoms. The maximum atomic E-state index is 11.7. The smallest absolute Gasteiger partial charge is 0.221 e. The summed E-state index contributed by atoms with van der Waals surface area (Å²) in [6, 6.07) is 0.666. The topological polar surface area (TPSA) is 58.4 Å². The van der Waals surface area contributed by atoms with Crippen molar-refractivity contribution in [1.82, 2.24) is 10.2 Å². The number of rotatable bonds is 7. The Morgan fingerprint density at radius 2 is 2.12 bits per heavy atom. The lowest BCUT2D eigenvalue weighted by Crippen LogP contribution is -2.43. The van der Waals surface area contributed by atoms with Gasteiger partial charge in [0.05, 0.1) is 0 Å². The first-order valence-electron chi connectivity index (χ1n) is 6.38. The highest BCUT2D eigenvalue weighted by molar-refractivity contribution is 5.77. The van der Waals surface area contributed by atoms with E-state index in [2.05, 4.69) is 17.3 Å². The minimum Gasteiger partial charge on any atom is -0.353 e. The zero-order chi connectivity index (χ0) is 11.5. The first kappa shape index (κ1) is 11.9. The fraction of sp³-hybridized carbons (Fsp3) is 0.917. The largest absolute Gasteiger partial charge is 0.353 e. The van der Waals surface area contributed by atoms with E-state index in [0.29, 0.717) is 19.0 Å². The predicted molar refractivity (Wildman–Crippen MR) is 64.0 cm³/mol. The number of likely N-dealkylation sites (N-methyl/N-ethyl adjacent to an activating group) is 1. The van der Waals surface area contributed by atoms with Gasteiger partial charge >= 0.3 is 0 Å². The molecule has 3 N–H and O–H groups in total. The molecule has 2 aliphatic carbocycles. The Morgan fingerprint density at radius 3 is 2.62 bits per heavy atom. The standard InChI is InChI=1S/C12H23N3O/c1-15(8-9-2-3-9)11(7-13)6-12(16)14-10-4-5-10/h9-11H,2-8,13H2,1H3,(H,14,16). The van der Waals surface area contributed by atoms with E-state index in [9.17, 15) is 4.79 Å². The van der Waals surface area contributed by atoms with E-state index in [1.165, 1.54) is 12.8 Å². The third-order valence-corrected chi connectivity index (χ3v) is 3.50. The van der Waals surface area contributed by atoms with E-state index < -0.39 is 0 Å². The van der Waals surface area contributed by atoms with Gasteiger partial charge in [0.15, 0.2) is 0 Å². The molecule has 1 amide bonds. The second kappa shape index (κ2) is 5.15. The molecule has 0 bridgehead atoms. The summed E-state index contributed by atoms with van der Waals surface area (Å²) in [5.41, 5.74) is 5.74. The van der Waals surface area contributed by atoms with Gasteiger partial charge in [0.2, 0.25) is 5.91 Å². The lowest BCUT2D eigenvalue weighted by molar-refractivity contribution is -0.122. The molecule has 2 saturated carbocycles. The Bertz CT molecular complexity index is 249. The molecule has 2 rings (SSSR count). The molecule has 0 aromatic carbocycles. The second-order valence-electron chi connectivity index (χ2n) is 5.32. The van der Waals surface area contributed by atoms with Crippen LogP contribution in [-0.4, -0.2) is 43.0 Å². The highest BCUT2D eigenvalue weighted by Crippen LogP contribution is 2.30. The number of carbonyl (C=O) groups excluding carboxylic acids is 1. The maximum absolute atomic E-state index is 11.7. The molecule has 4 nitrogen and oxygen atoms in total. The van der Waals surface area contributed by atoms with Crippen LogP contribution >= 0.6 is 0 Å². The summed E-state index contributed by atoms with van der Waals surface area (Å²) in [7, 11) is 2.08. The van der Waals surface area contributed by atoms with E-state index in [1.807, 2.05) is 0 Å². The summed E-state index contributed by atoms with van der Waals surface area (Å²) >= 11 is 0. The highest BCUT2D eigenvalue weighted by atomic mass is 16.1. The third kappa shape index (κ3) is 3.76. The van der Waals surface area contributed by atoms with Crippen molar-refractivity contribution in [3.8, 4) is 0 Å². The summed E-state index contributed by atoms with van der Waals surface area (Å²) in [5.74, 6) is 1.02. The van der Waals surface area contributed by atoms with Crippen LogP contribution in [0.1, 0.15) is 32.1 Å². The van der Waals surface area contributed by atoms with E-state index in [1.54, 1.807) is 0 Å². The molecule has 92 valence electrons. The van der Waals surface area contributed by atoms with Crippen molar-refractivity contribution in [3.05, 3.63) is 0 Å². The average Bonchev–Trinajstić information content (AvgIpc) is 3.09. The van der Waals surface area contributed by atoms with Crippen molar-refractivity contribution >= 4 is 5.91 Å². The summed E-state index contributed by atoms with van der Waals surface area (Å²) in [4.78, 5) is 13.9. The van der Waals surface area contributed by atoms with Gasteiger partial charge in [-0.1, -0.05) is 0 Å². The van der Waals surface area contributed by atoms with Crippen LogP contribution in [0.4, 0.5) is 0 Å². The zero-order valence-corrected chi connectivity index (χ0v) is 10.1. The first-order valence-corrected chi connectivity index (χ1v) is 6.38. The normalized spacial score (nSPS) is 22.2. The predicted octanol–water partition coefficient (Wildman–Crippen LogP) is 0.324. The molecule has 0 radical (unpaired) electrons. The molecule has 16 heavy (non-hydrogen) atoms. The number of nitrogens with one attached hydrogen (secondary N) is 1.